The van der Waals surface area contributed by atoms with Gasteiger partial charge >= 0.3 is 0 Å². The molecule has 0 heterocycles. The lowest BCUT2D eigenvalue weighted by atomic mass is 10.1. The molecule has 0 radical (unpaired) electrons. The molecule has 4 nitrogen and oxygen atoms in total. The Morgan fingerprint density at radius 1 is 1.05 bits per heavy atom. The fourth-order valence-electron chi connectivity index (χ4n) is 2.59. The van der Waals surface area contributed by atoms with E-state index >= 15 is 0 Å². The Balaban J connectivity index is 1.97. The van der Waals surface area contributed by atoms with Crippen molar-refractivity contribution in [3.63, 3.8) is 0 Å². The van der Waals surface area contributed by atoms with Crippen molar-refractivity contribution in [3.05, 3.63) is 51.5 Å². The fourth-order valence-corrected chi connectivity index (χ4v) is 4.40. The van der Waals surface area contributed by atoms with Crippen LogP contribution in [0.3, 0.4) is 0 Å². The number of rotatable bonds is 3. The number of aromatic hydroxyl groups is 1. The van der Waals surface area contributed by atoms with Crippen LogP contribution in [0, 0.1) is 0 Å². The molecule has 2 aromatic rings. The number of fused-ring (bicyclic) bond motifs is 1. The number of sulfonamides is 1. The molecule has 1 aliphatic carbocycles. The smallest absolute Gasteiger partial charge is 0.265 e. The quantitative estimate of drug-likeness (QED) is 0.872. The van der Waals surface area contributed by atoms with Crippen molar-refractivity contribution in [2.75, 3.05) is 4.72 Å². The van der Waals surface area contributed by atoms with E-state index in [1.54, 1.807) is 6.07 Å². The SMILES string of the molecule is O=S(=O)(Nc1ccc2c(c1)CCC2)c1cc(Cl)cc(Cl)c1O. The maximum atomic E-state index is 12.4. The van der Waals surface area contributed by atoms with E-state index in [9.17, 15) is 13.5 Å². The number of anilines is 1. The van der Waals surface area contributed by atoms with Gasteiger partial charge in [-0.05, 0) is 54.7 Å². The van der Waals surface area contributed by atoms with Crippen molar-refractivity contribution in [3.8, 4) is 5.75 Å². The molecule has 22 heavy (non-hydrogen) atoms. The standard InChI is InChI=1S/C15H13Cl2NO3S/c16-11-7-13(17)15(19)14(8-11)22(20,21)18-12-5-4-9-2-1-3-10(9)6-12/h4-8,18-19H,1-3H2. The molecule has 0 spiro atoms. The summed E-state index contributed by atoms with van der Waals surface area (Å²) >= 11 is 11.6. The van der Waals surface area contributed by atoms with Gasteiger partial charge in [-0.3, -0.25) is 4.72 Å². The van der Waals surface area contributed by atoms with E-state index in [-0.39, 0.29) is 14.9 Å². The average molecular weight is 358 g/mol. The summed E-state index contributed by atoms with van der Waals surface area (Å²) in [5.41, 5.74) is 2.85. The predicted octanol–water partition coefficient (Wildman–Crippen LogP) is 3.99. The summed E-state index contributed by atoms with van der Waals surface area (Å²) in [4.78, 5) is -0.342. The number of hydrogen-bond acceptors (Lipinski definition) is 3. The van der Waals surface area contributed by atoms with E-state index in [1.807, 2.05) is 12.1 Å². The molecule has 0 atom stereocenters. The molecule has 3 rings (SSSR count). The summed E-state index contributed by atoms with van der Waals surface area (Å²) in [6, 6.07) is 7.91. The second-order valence-electron chi connectivity index (χ2n) is 5.18. The minimum Gasteiger partial charge on any atom is -0.505 e. The molecule has 7 heteroatoms. The molecule has 116 valence electrons. The largest absolute Gasteiger partial charge is 0.505 e. The molecule has 1 aliphatic rings. The molecule has 2 aromatic carbocycles. The zero-order chi connectivity index (χ0) is 15.9. The topological polar surface area (TPSA) is 66.4 Å². The lowest BCUT2D eigenvalue weighted by Gasteiger charge is -2.12. The molecule has 0 aliphatic heterocycles. The van der Waals surface area contributed by atoms with E-state index in [2.05, 4.69) is 4.72 Å². The van der Waals surface area contributed by atoms with Crippen molar-refractivity contribution in [1.29, 1.82) is 0 Å². The second kappa shape index (κ2) is 5.65. The molecule has 2 N–H and O–H groups in total. The van der Waals surface area contributed by atoms with E-state index in [0.29, 0.717) is 5.69 Å². The van der Waals surface area contributed by atoms with Crippen LogP contribution in [0.1, 0.15) is 17.5 Å². The van der Waals surface area contributed by atoms with Gasteiger partial charge in [-0.2, -0.15) is 0 Å². The highest BCUT2D eigenvalue weighted by Crippen LogP contribution is 2.35. The maximum Gasteiger partial charge on any atom is 0.265 e. The zero-order valence-corrected chi connectivity index (χ0v) is 13.8. The van der Waals surface area contributed by atoms with Crippen LogP contribution in [0.15, 0.2) is 35.2 Å². The summed E-state index contributed by atoms with van der Waals surface area (Å²) in [5, 5.41) is 9.91. The monoisotopic (exact) mass is 357 g/mol. The van der Waals surface area contributed by atoms with E-state index < -0.39 is 15.8 Å². The first-order chi connectivity index (χ1) is 10.4. The van der Waals surface area contributed by atoms with Gasteiger partial charge < -0.3 is 5.11 Å². The minimum atomic E-state index is -3.98. The Hall–Kier alpha value is -1.43. The summed E-state index contributed by atoms with van der Waals surface area (Å²) < 4.78 is 27.3. The van der Waals surface area contributed by atoms with Crippen LogP contribution in [-0.4, -0.2) is 13.5 Å². The third-order valence-electron chi connectivity index (χ3n) is 3.63. The fraction of sp³-hybridized carbons (Fsp3) is 0.200. The highest BCUT2D eigenvalue weighted by molar-refractivity contribution is 7.92. The average Bonchev–Trinajstić information content (AvgIpc) is 2.89. The van der Waals surface area contributed by atoms with Gasteiger partial charge in [0, 0.05) is 10.7 Å². The first kappa shape index (κ1) is 15.5. The van der Waals surface area contributed by atoms with Gasteiger partial charge in [-0.15, -0.1) is 0 Å². The maximum absolute atomic E-state index is 12.4. The van der Waals surface area contributed by atoms with E-state index in [4.69, 9.17) is 23.2 Å². The molecule has 0 saturated carbocycles. The van der Waals surface area contributed by atoms with Crippen LogP contribution >= 0.6 is 23.2 Å². The van der Waals surface area contributed by atoms with Crippen molar-refractivity contribution < 1.29 is 13.5 Å². The van der Waals surface area contributed by atoms with Crippen molar-refractivity contribution >= 4 is 38.9 Å². The second-order valence-corrected chi connectivity index (χ2v) is 7.67. The number of benzene rings is 2. The summed E-state index contributed by atoms with van der Waals surface area (Å²) in [5.74, 6) is -0.514. The number of nitrogens with one attached hydrogen (secondary N) is 1. The molecule has 0 amide bonds. The number of halogens is 2. The number of aryl methyl sites for hydroxylation is 2. The zero-order valence-electron chi connectivity index (χ0n) is 11.4. The van der Waals surface area contributed by atoms with Gasteiger partial charge in [0.05, 0.1) is 5.02 Å². The predicted molar refractivity (Wildman–Crippen MR) is 87.4 cm³/mol. The van der Waals surface area contributed by atoms with Gasteiger partial charge in [-0.25, -0.2) is 8.42 Å². The molecular formula is C15H13Cl2NO3S. The normalized spacial score (nSPS) is 13.9. The molecule has 0 aromatic heterocycles. The lowest BCUT2D eigenvalue weighted by Crippen LogP contribution is -2.13. The third kappa shape index (κ3) is 2.89. The Labute approximate surface area is 138 Å². The summed E-state index contributed by atoms with van der Waals surface area (Å²) in [6.07, 6.45) is 3.04. The van der Waals surface area contributed by atoms with Gasteiger partial charge in [-0.1, -0.05) is 29.3 Å². The Kier molecular flexibility index (Phi) is 3.97. The van der Waals surface area contributed by atoms with Crippen LogP contribution in [0.5, 0.6) is 5.75 Å². The van der Waals surface area contributed by atoms with E-state index in [0.717, 1.165) is 24.8 Å². The van der Waals surface area contributed by atoms with Crippen LogP contribution in [0.25, 0.3) is 0 Å². The Morgan fingerprint density at radius 3 is 2.55 bits per heavy atom. The lowest BCUT2D eigenvalue weighted by molar-refractivity contribution is 0.459. The van der Waals surface area contributed by atoms with E-state index in [1.165, 1.54) is 17.7 Å². The van der Waals surface area contributed by atoms with Crippen molar-refractivity contribution in [2.45, 2.75) is 24.2 Å². The van der Waals surface area contributed by atoms with Gasteiger partial charge in [0.1, 0.15) is 4.90 Å². The number of phenols is 1. The van der Waals surface area contributed by atoms with Gasteiger partial charge in [0.2, 0.25) is 0 Å². The first-order valence-electron chi connectivity index (χ1n) is 6.69. The Morgan fingerprint density at radius 2 is 1.77 bits per heavy atom. The van der Waals surface area contributed by atoms with Crippen LogP contribution < -0.4 is 4.72 Å². The van der Waals surface area contributed by atoms with Crippen LogP contribution in [0.4, 0.5) is 5.69 Å². The highest BCUT2D eigenvalue weighted by Gasteiger charge is 2.22. The number of hydrogen-bond donors (Lipinski definition) is 2. The molecule has 0 bridgehead atoms. The number of phenolic OH excluding ortho intramolecular Hbond substituents is 1. The third-order valence-corrected chi connectivity index (χ3v) is 5.53. The van der Waals surface area contributed by atoms with Gasteiger partial charge in [0.15, 0.2) is 5.75 Å². The van der Waals surface area contributed by atoms with Crippen molar-refractivity contribution in [2.24, 2.45) is 0 Å². The molecular weight excluding hydrogens is 345 g/mol. The molecule has 0 fully saturated rings. The minimum absolute atomic E-state index is 0.109. The van der Waals surface area contributed by atoms with Crippen molar-refractivity contribution in [1.82, 2.24) is 0 Å². The first-order valence-corrected chi connectivity index (χ1v) is 8.93. The Bertz CT molecular complexity index is 850. The highest BCUT2D eigenvalue weighted by atomic mass is 35.5. The molecule has 0 saturated heterocycles. The molecule has 0 unspecified atom stereocenters. The van der Waals surface area contributed by atoms with Crippen LogP contribution in [0.2, 0.25) is 10.0 Å². The van der Waals surface area contributed by atoms with Gasteiger partial charge in [0.25, 0.3) is 10.0 Å². The van der Waals surface area contributed by atoms with Crippen LogP contribution in [-0.2, 0) is 22.9 Å². The summed E-state index contributed by atoms with van der Waals surface area (Å²) in [7, 11) is -3.98. The summed E-state index contributed by atoms with van der Waals surface area (Å²) in [6.45, 7) is 0.